The molecule has 0 aliphatic carbocycles. The highest BCUT2D eigenvalue weighted by Gasteiger charge is 2.11. The lowest BCUT2D eigenvalue weighted by Gasteiger charge is -2.22. The Morgan fingerprint density at radius 2 is 2.00 bits per heavy atom. The molecule has 0 bridgehead atoms. The third-order valence-corrected chi connectivity index (χ3v) is 3.27. The summed E-state index contributed by atoms with van der Waals surface area (Å²) < 4.78 is 19.7. The first-order valence-electron chi connectivity index (χ1n) is 7.31. The van der Waals surface area contributed by atoms with Crippen LogP contribution in [0, 0.1) is 5.82 Å². The van der Waals surface area contributed by atoms with Crippen molar-refractivity contribution >= 4 is 5.69 Å². The third kappa shape index (κ3) is 5.10. The largest absolute Gasteiger partial charge is 0.377 e. The van der Waals surface area contributed by atoms with E-state index in [1.54, 1.807) is 6.07 Å². The van der Waals surface area contributed by atoms with Gasteiger partial charge < -0.3 is 15.0 Å². The minimum atomic E-state index is -0.181. The first-order chi connectivity index (χ1) is 9.45. The number of anilines is 1. The number of benzene rings is 1. The quantitative estimate of drug-likeness (QED) is 0.791. The van der Waals surface area contributed by atoms with Gasteiger partial charge in [0.2, 0.25) is 0 Å². The van der Waals surface area contributed by atoms with Crippen molar-refractivity contribution in [1.29, 1.82) is 0 Å². The van der Waals surface area contributed by atoms with Crippen LogP contribution >= 0.6 is 0 Å². The van der Waals surface area contributed by atoms with Gasteiger partial charge in [-0.25, -0.2) is 4.39 Å². The molecule has 20 heavy (non-hydrogen) atoms. The highest BCUT2D eigenvalue weighted by Crippen LogP contribution is 2.22. The first kappa shape index (κ1) is 16.9. The van der Waals surface area contributed by atoms with E-state index in [1.807, 2.05) is 51.8 Å². The molecule has 1 aromatic carbocycles. The molecule has 1 aromatic rings. The van der Waals surface area contributed by atoms with E-state index in [0.29, 0.717) is 18.8 Å². The number of likely N-dealkylation sites (N-methyl/N-ethyl adjacent to an activating group) is 1. The SMILES string of the molecule is CCNC(C)c1ccc(N(C)CCOC(C)C)c(F)c1. The Kier molecular flexibility index (Phi) is 6.96. The predicted molar refractivity (Wildman–Crippen MR) is 82.8 cm³/mol. The first-order valence-corrected chi connectivity index (χ1v) is 7.31. The van der Waals surface area contributed by atoms with Gasteiger partial charge in [-0.2, -0.15) is 0 Å². The monoisotopic (exact) mass is 282 g/mol. The zero-order valence-corrected chi connectivity index (χ0v) is 13.2. The zero-order chi connectivity index (χ0) is 15.1. The Balaban J connectivity index is 2.67. The molecule has 0 radical (unpaired) electrons. The van der Waals surface area contributed by atoms with Gasteiger partial charge in [-0.1, -0.05) is 13.0 Å². The molecular formula is C16H27FN2O. The molecule has 1 rings (SSSR count). The summed E-state index contributed by atoms with van der Waals surface area (Å²) in [6.07, 6.45) is 0.205. The number of nitrogens with zero attached hydrogens (tertiary/aromatic N) is 1. The Morgan fingerprint density at radius 3 is 2.55 bits per heavy atom. The number of hydrogen-bond donors (Lipinski definition) is 1. The predicted octanol–water partition coefficient (Wildman–Crippen LogP) is 3.36. The van der Waals surface area contributed by atoms with Crippen molar-refractivity contribution in [3.63, 3.8) is 0 Å². The highest BCUT2D eigenvalue weighted by atomic mass is 19.1. The van der Waals surface area contributed by atoms with Crippen molar-refractivity contribution in [3.05, 3.63) is 29.6 Å². The number of ether oxygens (including phenoxy) is 1. The van der Waals surface area contributed by atoms with Gasteiger partial charge >= 0.3 is 0 Å². The molecule has 0 aliphatic rings. The van der Waals surface area contributed by atoms with Crippen molar-refractivity contribution < 1.29 is 9.13 Å². The second-order valence-corrected chi connectivity index (χ2v) is 5.33. The van der Waals surface area contributed by atoms with Gasteiger partial charge in [-0.05, 0) is 45.0 Å². The van der Waals surface area contributed by atoms with Crippen molar-refractivity contribution in [3.8, 4) is 0 Å². The van der Waals surface area contributed by atoms with Gasteiger partial charge in [0.25, 0.3) is 0 Å². The van der Waals surface area contributed by atoms with Gasteiger partial charge in [0.15, 0.2) is 0 Å². The van der Waals surface area contributed by atoms with Crippen molar-refractivity contribution in [2.45, 2.75) is 39.8 Å². The summed E-state index contributed by atoms with van der Waals surface area (Å²) in [5.41, 5.74) is 1.59. The molecule has 0 saturated heterocycles. The van der Waals surface area contributed by atoms with Gasteiger partial charge in [0.1, 0.15) is 5.82 Å². The van der Waals surface area contributed by atoms with Crippen LogP contribution in [0.3, 0.4) is 0 Å². The van der Waals surface area contributed by atoms with Crippen LogP contribution in [0.15, 0.2) is 18.2 Å². The van der Waals surface area contributed by atoms with Crippen LogP contribution < -0.4 is 10.2 Å². The summed E-state index contributed by atoms with van der Waals surface area (Å²) in [7, 11) is 1.88. The van der Waals surface area contributed by atoms with E-state index in [9.17, 15) is 4.39 Å². The number of hydrogen-bond acceptors (Lipinski definition) is 3. The fourth-order valence-electron chi connectivity index (χ4n) is 2.07. The maximum atomic E-state index is 14.2. The summed E-state index contributed by atoms with van der Waals surface area (Å²) >= 11 is 0. The maximum absolute atomic E-state index is 14.2. The average molecular weight is 282 g/mol. The van der Waals surface area contributed by atoms with Crippen LogP contribution in [-0.4, -0.2) is 32.8 Å². The molecule has 0 heterocycles. The topological polar surface area (TPSA) is 24.5 Å². The molecule has 1 atom stereocenters. The van der Waals surface area contributed by atoms with Gasteiger partial charge in [-0.15, -0.1) is 0 Å². The second-order valence-electron chi connectivity index (χ2n) is 5.33. The van der Waals surface area contributed by atoms with Crippen LogP contribution in [-0.2, 0) is 4.74 Å². The Bertz CT molecular complexity index is 409. The lowest BCUT2D eigenvalue weighted by Crippen LogP contribution is -2.25. The van der Waals surface area contributed by atoms with Gasteiger partial charge in [0, 0.05) is 19.6 Å². The van der Waals surface area contributed by atoms with Crippen LogP contribution in [0.2, 0.25) is 0 Å². The molecule has 0 aliphatic heterocycles. The van der Waals surface area contributed by atoms with E-state index >= 15 is 0 Å². The third-order valence-electron chi connectivity index (χ3n) is 3.27. The van der Waals surface area contributed by atoms with Crippen LogP contribution in [0.25, 0.3) is 0 Å². The van der Waals surface area contributed by atoms with E-state index in [-0.39, 0.29) is 18.0 Å². The zero-order valence-electron chi connectivity index (χ0n) is 13.2. The molecule has 3 nitrogen and oxygen atoms in total. The van der Waals surface area contributed by atoms with Crippen molar-refractivity contribution in [1.82, 2.24) is 5.32 Å². The van der Waals surface area contributed by atoms with E-state index in [4.69, 9.17) is 4.74 Å². The lowest BCUT2D eigenvalue weighted by atomic mass is 10.1. The van der Waals surface area contributed by atoms with E-state index in [1.165, 1.54) is 0 Å². The van der Waals surface area contributed by atoms with Crippen molar-refractivity contribution in [2.24, 2.45) is 0 Å². The molecule has 0 amide bonds. The molecule has 1 N–H and O–H groups in total. The number of rotatable bonds is 8. The lowest BCUT2D eigenvalue weighted by molar-refractivity contribution is 0.0845. The van der Waals surface area contributed by atoms with Crippen LogP contribution in [0.5, 0.6) is 0 Å². The molecule has 0 fully saturated rings. The molecular weight excluding hydrogens is 255 g/mol. The van der Waals surface area contributed by atoms with E-state index in [2.05, 4.69) is 5.32 Å². The fourth-order valence-corrected chi connectivity index (χ4v) is 2.07. The minimum absolute atomic E-state index is 0.165. The van der Waals surface area contributed by atoms with E-state index < -0.39 is 0 Å². The standard InChI is InChI=1S/C16H27FN2O/c1-6-18-13(4)14-7-8-16(15(17)11-14)19(5)9-10-20-12(2)3/h7-8,11-13,18H,6,9-10H2,1-5H3. The summed E-state index contributed by atoms with van der Waals surface area (Å²) in [4.78, 5) is 1.89. The van der Waals surface area contributed by atoms with Gasteiger partial charge in [0.05, 0.1) is 18.4 Å². The number of halogens is 1. The molecule has 0 spiro atoms. The molecule has 0 saturated carbocycles. The highest BCUT2D eigenvalue weighted by molar-refractivity contribution is 5.48. The average Bonchev–Trinajstić information content (AvgIpc) is 2.38. The van der Waals surface area contributed by atoms with Gasteiger partial charge in [-0.3, -0.25) is 0 Å². The second kappa shape index (κ2) is 8.22. The molecule has 4 heteroatoms. The maximum Gasteiger partial charge on any atom is 0.146 e. The Labute approximate surface area is 122 Å². The smallest absolute Gasteiger partial charge is 0.146 e. The Hall–Kier alpha value is -1.13. The summed E-state index contributed by atoms with van der Waals surface area (Å²) in [6, 6.07) is 5.60. The molecule has 1 unspecified atom stereocenters. The molecule has 114 valence electrons. The fraction of sp³-hybridized carbons (Fsp3) is 0.625. The van der Waals surface area contributed by atoms with E-state index in [0.717, 1.165) is 12.1 Å². The summed E-state index contributed by atoms with van der Waals surface area (Å²) in [5.74, 6) is -0.181. The number of nitrogens with one attached hydrogen (secondary N) is 1. The van der Waals surface area contributed by atoms with Crippen LogP contribution in [0.1, 0.15) is 39.3 Å². The summed E-state index contributed by atoms with van der Waals surface area (Å²) in [5, 5.41) is 3.28. The minimum Gasteiger partial charge on any atom is -0.377 e. The van der Waals surface area contributed by atoms with Crippen molar-refractivity contribution in [2.75, 3.05) is 31.6 Å². The molecule has 0 aromatic heterocycles. The summed E-state index contributed by atoms with van der Waals surface area (Å²) in [6.45, 7) is 10.2. The normalized spacial score (nSPS) is 12.8. The Morgan fingerprint density at radius 1 is 1.30 bits per heavy atom. The van der Waals surface area contributed by atoms with Crippen LogP contribution in [0.4, 0.5) is 10.1 Å².